The highest BCUT2D eigenvalue weighted by atomic mass is 79.9. The van der Waals surface area contributed by atoms with Crippen LogP contribution < -0.4 is 5.32 Å². The smallest absolute Gasteiger partial charge is 0.140 e. The molecule has 1 aromatic rings. The Balaban J connectivity index is 2.47. The number of aromatic nitrogens is 1. The molecule has 0 saturated carbocycles. The molecule has 0 aromatic carbocycles. The van der Waals surface area contributed by atoms with E-state index in [1.54, 1.807) is 6.20 Å². The fourth-order valence-corrected chi connectivity index (χ4v) is 1.56. The Hall–Kier alpha value is -0.610. The molecule has 1 rings (SSSR count). The number of hydrogen-bond donors (Lipinski definition) is 2. The molecular weight excluding hydrogens is 244 g/mol. The Labute approximate surface area is 92.7 Å². The van der Waals surface area contributed by atoms with Crippen molar-refractivity contribution in [2.24, 2.45) is 0 Å². The summed E-state index contributed by atoms with van der Waals surface area (Å²) in [6.45, 7) is 2.33. The zero-order valence-corrected chi connectivity index (χ0v) is 9.79. The summed E-state index contributed by atoms with van der Waals surface area (Å²) in [6.07, 6.45) is 3.52. The maximum atomic E-state index is 8.68. The largest absolute Gasteiger partial charge is 0.396 e. The summed E-state index contributed by atoms with van der Waals surface area (Å²) in [7, 11) is 0. The topological polar surface area (TPSA) is 45.1 Å². The van der Waals surface area contributed by atoms with Crippen molar-refractivity contribution in [1.29, 1.82) is 0 Å². The minimum absolute atomic E-state index is 0.245. The predicted octanol–water partition coefficient (Wildman–Crippen LogP) is 2.42. The van der Waals surface area contributed by atoms with E-state index in [1.807, 2.05) is 12.1 Å². The van der Waals surface area contributed by atoms with E-state index < -0.39 is 0 Å². The van der Waals surface area contributed by atoms with Crippen molar-refractivity contribution >= 4 is 21.7 Å². The molecule has 78 valence electrons. The van der Waals surface area contributed by atoms with Crippen molar-refractivity contribution < 1.29 is 5.11 Å². The SMILES string of the molecule is CC(CCCO)Nc1ncccc1Br. The lowest BCUT2D eigenvalue weighted by atomic mass is 10.2. The summed E-state index contributed by atoms with van der Waals surface area (Å²) >= 11 is 3.42. The van der Waals surface area contributed by atoms with E-state index in [0.29, 0.717) is 6.04 Å². The van der Waals surface area contributed by atoms with Gasteiger partial charge in [0.1, 0.15) is 5.82 Å². The molecule has 0 bridgehead atoms. The fraction of sp³-hybridized carbons (Fsp3) is 0.500. The Morgan fingerprint density at radius 3 is 3.07 bits per heavy atom. The molecule has 0 saturated heterocycles. The standard InChI is InChI=1S/C10H15BrN2O/c1-8(4-3-7-14)13-10-9(11)5-2-6-12-10/h2,5-6,8,14H,3-4,7H2,1H3,(H,12,13). The molecule has 1 heterocycles. The van der Waals surface area contributed by atoms with Crippen LogP contribution in [0.5, 0.6) is 0 Å². The zero-order valence-electron chi connectivity index (χ0n) is 8.20. The molecule has 4 heteroatoms. The van der Waals surface area contributed by atoms with E-state index in [4.69, 9.17) is 5.11 Å². The van der Waals surface area contributed by atoms with Gasteiger partial charge in [-0.2, -0.15) is 0 Å². The summed E-state index contributed by atoms with van der Waals surface area (Å²) in [6, 6.07) is 4.16. The van der Waals surface area contributed by atoms with Crippen LogP contribution in [0.1, 0.15) is 19.8 Å². The molecule has 2 N–H and O–H groups in total. The van der Waals surface area contributed by atoms with Gasteiger partial charge >= 0.3 is 0 Å². The molecule has 0 aliphatic heterocycles. The lowest BCUT2D eigenvalue weighted by molar-refractivity contribution is 0.282. The van der Waals surface area contributed by atoms with Crippen LogP contribution in [0.3, 0.4) is 0 Å². The number of aliphatic hydroxyl groups is 1. The van der Waals surface area contributed by atoms with Gasteiger partial charge in [0.25, 0.3) is 0 Å². The second-order valence-electron chi connectivity index (χ2n) is 3.25. The fourth-order valence-electron chi connectivity index (χ4n) is 1.19. The first kappa shape index (κ1) is 11.5. The molecule has 1 unspecified atom stereocenters. The van der Waals surface area contributed by atoms with Gasteiger partial charge in [0.15, 0.2) is 0 Å². The molecule has 1 atom stereocenters. The van der Waals surface area contributed by atoms with Gasteiger partial charge in [0.2, 0.25) is 0 Å². The van der Waals surface area contributed by atoms with E-state index in [0.717, 1.165) is 23.1 Å². The Kier molecular flexibility index (Phi) is 4.90. The maximum Gasteiger partial charge on any atom is 0.140 e. The van der Waals surface area contributed by atoms with Crippen LogP contribution in [0.2, 0.25) is 0 Å². The normalized spacial score (nSPS) is 12.5. The van der Waals surface area contributed by atoms with Crippen molar-refractivity contribution in [2.75, 3.05) is 11.9 Å². The van der Waals surface area contributed by atoms with Crippen molar-refractivity contribution in [3.8, 4) is 0 Å². The van der Waals surface area contributed by atoms with E-state index >= 15 is 0 Å². The lowest BCUT2D eigenvalue weighted by Gasteiger charge is -2.14. The number of nitrogens with one attached hydrogen (secondary N) is 1. The first-order valence-electron chi connectivity index (χ1n) is 4.72. The van der Waals surface area contributed by atoms with Gasteiger partial charge in [0, 0.05) is 18.8 Å². The Morgan fingerprint density at radius 2 is 2.43 bits per heavy atom. The van der Waals surface area contributed by atoms with Crippen LogP contribution in [-0.4, -0.2) is 22.7 Å². The molecule has 0 aliphatic carbocycles. The Bertz CT molecular complexity index is 281. The quantitative estimate of drug-likeness (QED) is 0.853. The van der Waals surface area contributed by atoms with E-state index in [9.17, 15) is 0 Å². The first-order chi connectivity index (χ1) is 6.74. The summed E-state index contributed by atoms with van der Waals surface area (Å²) in [5.41, 5.74) is 0. The average molecular weight is 259 g/mol. The second kappa shape index (κ2) is 5.98. The van der Waals surface area contributed by atoms with Crippen LogP contribution in [0, 0.1) is 0 Å². The lowest BCUT2D eigenvalue weighted by Crippen LogP contribution is -2.16. The van der Waals surface area contributed by atoms with E-state index in [2.05, 4.69) is 33.2 Å². The highest BCUT2D eigenvalue weighted by molar-refractivity contribution is 9.10. The van der Waals surface area contributed by atoms with Gasteiger partial charge in [-0.3, -0.25) is 0 Å². The summed E-state index contributed by atoms with van der Waals surface area (Å²) in [5.74, 6) is 0.859. The summed E-state index contributed by atoms with van der Waals surface area (Å²) < 4.78 is 0.968. The van der Waals surface area contributed by atoms with Crippen LogP contribution in [0.15, 0.2) is 22.8 Å². The molecular formula is C10H15BrN2O. The van der Waals surface area contributed by atoms with Crippen LogP contribution in [0.4, 0.5) is 5.82 Å². The number of nitrogens with zero attached hydrogens (tertiary/aromatic N) is 1. The number of pyridine rings is 1. The van der Waals surface area contributed by atoms with E-state index in [1.165, 1.54) is 0 Å². The van der Waals surface area contributed by atoms with Crippen LogP contribution in [-0.2, 0) is 0 Å². The minimum Gasteiger partial charge on any atom is -0.396 e. The van der Waals surface area contributed by atoms with Crippen molar-refractivity contribution in [3.63, 3.8) is 0 Å². The zero-order chi connectivity index (χ0) is 10.4. The molecule has 0 aliphatic rings. The van der Waals surface area contributed by atoms with Gasteiger partial charge in [-0.25, -0.2) is 4.98 Å². The molecule has 0 fully saturated rings. The van der Waals surface area contributed by atoms with Crippen molar-refractivity contribution in [3.05, 3.63) is 22.8 Å². The first-order valence-corrected chi connectivity index (χ1v) is 5.51. The monoisotopic (exact) mass is 258 g/mol. The van der Waals surface area contributed by atoms with Crippen molar-refractivity contribution in [1.82, 2.24) is 4.98 Å². The molecule has 1 aromatic heterocycles. The number of halogens is 1. The van der Waals surface area contributed by atoms with Gasteiger partial charge < -0.3 is 10.4 Å². The highest BCUT2D eigenvalue weighted by Crippen LogP contribution is 2.19. The maximum absolute atomic E-state index is 8.68. The van der Waals surface area contributed by atoms with Crippen LogP contribution in [0.25, 0.3) is 0 Å². The van der Waals surface area contributed by atoms with Gasteiger partial charge in [0.05, 0.1) is 4.47 Å². The van der Waals surface area contributed by atoms with Gasteiger partial charge in [-0.05, 0) is 47.8 Å². The summed E-state index contributed by atoms with van der Waals surface area (Å²) in [5, 5.41) is 12.0. The number of anilines is 1. The van der Waals surface area contributed by atoms with Crippen LogP contribution >= 0.6 is 15.9 Å². The predicted molar refractivity (Wildman–Crippen MR) is 61.3 cm³/mol. The van der Waals surface area contributed by atoms with Crippen molar-refractivity contribution in [2.45, 2.75) is 25.8 Å². The van der Waals surface area contributed by atoms with Gasteiger partial charge in [-0.15, -0.1) is 0 Å². The molecule has 0 spiro atoms. The number of rotatable bonds is 5. The number of aliphatic hydroxyl groups excluding tert-OH is 1. The minimum atomic E-state index is 0.245. The molecule has 0 amide bonds. The Morgan fingerprint density at radius 1 is 1.64 bits per heavy atom. The molecule has 14 heavy (non-hydrogen) atoms. The number of hydrogen-bond acceptors (Lipinski definition) is 3. The van der Waals surface area contributed by atoms with E-state index in [-0.39, 0.29) is 6.61 Å². The van der Waals surface area contributed by atoms with Gasteiger partial charge in [-0.1, -0.05) is 0 Å². The second-order valence-corrected chi connectivity index (χ2v) is 4.10. The summed E-state index contributed by atoms with van der Waals surface area (Å²) in [4.78, 5) is 4.21. The molecule has 0 radical (unpaired) electrons. The third-order valence-corrected chi connectivity index (χ3v) is 2.58. The third kappa shape index (κ3) is 3.64. The average Bonchev–Trinajstić information content (AvgIpc) is 2.18. The third-order valence-electron chi connectivity index (χ3n) is 1.94. The highest BCUT2D eigenvalue weighted by Gasteiger charge is 2.04. The molecule has 3 nitrogen and oxygen atoms in total.